The molecule has 0 aromatic rings. The number of nitrogens with one attached hydrogen (secondary N) is 1. The van der Waals surface area contributed by atoms with Crippen molar-refractivity contribution in [1.82, 2.24) is 10.2 Å². The van der Waals surface area contributed by atoms with Gasteiger partial charge in [-0.2, -0.15) is 0 Å². The maximum absolute atomic E-state index is 5.61. The highest BCUT2D eigenvalue weighted by molar-refractivity contribution is 4.81. The fourth-order valence-electron chi connectivity index (χ4n) is 2.72. The lowest BCUT2D eigenvalue weighted by Gasteiger charge is -2.26. The molecule has 100 valence electrons. The van der Waals surface area contributed by atoms with Gasteiger partial charge in [-0.25, -0.2) is 0 Å². The third kappa shape index (κ3) is 4.57. The van der Waals surface area contributed by atoms with Crippen molar-refractivity contribution in [3.05, 3.63) is 0 Å². The van der Waals surface area contributed by atoms with E-state index < -0.39 is 0 Å². The molecule has 0 radical (unpaired) electrons. The molecule has 3 heteroatoms. The minimum absolute atomic E-state index is 0.427. The highest BCUT2D eigenvalue weighted by Crippen LogP contribution is 2.19. The van der Waals surface area contributed by atoms with E-state index in [0.29, 0.717) is 12.1 Å². The van der Waals surface area contributed by atoms with Gasteiger partial charge in [0.05, 0.1) is 6.10 Å². The lowest BCUT2D eigenvalue weighted by atomic mass is 10.1. The van der Waals surface area contributed by atoms with E-state index in [1.165, 1.54) is 51.6 Å². The van der Waals surface area contributed by atoms with Crippen molar-refractivity contribution in [2.75, 3.05) is 26.7 Å². The van der Waals surface area contributed by atoms with E-state index in [2.05, 4.69) is 24.2 Å². The fraction of sp³-hybridized carbons (Fsp3) is 1.00. The molecule has 1 aliphatic heterocycles. The largest absolute Gasteiger partial charge is 0.377 e. The molecule has 2 atom stereocenters. The Morgan fingerprint density at radius 3 is 2.65 bits per heavy atom. The van der Waals surface area contributed by atoms with Crippen LogP contribution in [0.3, 0.4) is 0 Å². The molecule has 2 fully saturated rings. The van der Waals surface area contributed by atoms with Crippen LogP contribution in [-0.2, 0) is 4.74 Å². The zero-order valence-electron chi connectivity index (χ0n) is 11.5. The normalized spacial score (nSPS) is 29.1. The third-order valence-electron chi connectivity index (χ3n) is 4.10. The van der Waals surface area contributed by atoms with Crippen LogP contribution in [0.15, 0.2) is 0 Å². The lowest BCUT2D eigenvalue weighted by molar-refractivity contribution is 0.0831. The van der Waals surface area contributed by atoms with Gasteiger partial charge in [0.2, 0.25) is 0 Å². The van der Waals surface area contributed by atoms with Gasteiger partial charge < -0.3 is 15.0 Å². The van der Waals surface area contributed by atoms with Crippen molar-refractivity contribution in [2.45, 2.75) is 63.6 Å². The van der Waals surface area contributed by atoms with Crippen molar-refractivity contribution in [1.29, 1.82) is 0 Å². The van der Waals surface area contributed by atoms with Gasteiger partial charge in [-0.05, 0) is 59.2 Å². The van der Waals surface area contributed by atoms with Gasteiger partial charge >= 0.3 is 0 Å². The standard InChI is InChI=1S/C14H28N2O/c1-12-14(8-11-17-12)16(2)10-5-3-4-9-15-13-6-7-13/h12-15H,3-11H2,1-2H3. The van der Waals surface area contributed by atoms with Gasteiger partial charge in [-0.1, -0.05) is 6.42 Å². The molecule has 1 aliphatic carbocycles. The highest BCUT2D eigenvalue weighted by atomic mass is 16.5. The second kappa shape index (κ2) is 6.72. The van der Waals surface area contributed by atoms with Gasteiger partial charge in [-0.3, -0.25) is 0 Å². The minimum atomic E-state index is 0.427. The van der Waals surface area contributed by atoms with Crippen LogP contribution in [0.4, 0.5) is 0 Å². The Balaban J connectivity index is 1.46. The quantitative estimate of drug-likeness (QED) is 0.657. The summed E-state index contributed by atoms with van der Waals surface area (Å²) in [6, 6.07) is 1.52. The number of rotatable bonds is 8. The van der Waals surface area contributed by atoms with Crippen molar-refractivity contribution in [3.63, 3.8) is 0 Å². The number of hydrogen-bond acceptors (Lipinski definition) is 3. The van der Waals surface area contributed by atoms with Crippen molar-refractivity contribution in [3.8, 4) is 0 Å². The Hall–Kier alpha value is -0.120. The van der Waals surface area contributed by atoms with E-state index in [0.717, 1.165) is 12.6 Å². The van der Waals surface area contributed by atoms with Crippen LogP contribution in [0, 0.1) is 0 Å². The van der Waals surface area contributed by atoms with Gasteiger partial charge in [0.15, 0.2) is 0 Å². The van der Waals surface area contributed by atoms with Crippen LogP contribution in [0.1, 0.15) is 45.4 Å². The number of likely N-dealkylation sites (N-methyl/N-ethyl adjacent to an activating group) is 1. The smallest absolute Gasteiger partial charge is 0.0702 e. The second-order valence-electron chi connectivity index (χ2n) is 5.70. The molecule has 1 saturated carbocycles. The molecule has 0 aromatic heterocycles. The molecule has 1 N–H and O–H groups in total. The van der Waals surface area contributed by atoms with Gasteiger partial charge in [0.1, 0.15) is 0 Å². The van der Waals surface area contributed by atoms with Crippen molar-refractivity contribution < 1.29 is 4.74 Å². The van der Waals surface area contributed by atoms with Crippen LogP contribution in [0.25, 0.3) is 0 Å². The second-order valence-corrected chi connectivity index (χ2v) is 5.70. The van der Waals surface area contributed by atoms with Gasteiger partial charge in [0, 0.05) is 18.7 Å². The topological polar surface area (TPSA) is 24.5 Å². The highest BCUT2D eigenvalue weighted by Gasteiger charge is 2.27. The molecule has 3 nitrogen and oxygen atoms in total. The maximum atomic E-state index is 5.61. The summed E-state index contributed by atoms with van der Waals surface area (Å²) in [6.45, 7) is 5.59. The molecule has 0 bridgehead atoms. The monoisotopic (exact) mass is 240 g/mol. The summed E-state index contributed by atoms with van der Waals surface area (Å²) in [5.41, 5.74) is 0. The maximum Gasteiger partial charge on any atom is 0.0702 e. The first-order valence-electron chi connectivity index (χ1n) is 7.32. The molecule has 2 unspecified atom stereocenters. The summed E-state index contributed by atoms with van der Waals surface area (Å²) >= 11 is 0. The Bertz CT molecular complexity index is 218. The van der Waals surface area contributed by atoms with E-state index in [1.807, 2.05) is 0 Å². The zero-order valence-corrected chi connectivity index (χ0v) is 11.5. The van der Waals surface area contributed by atoms with E-state index in [4.69, 9.17) is 4.74 Å². The predicted octanol–water partition coefficient (Wildman–Crippen LogP) is 2.02. The molecular weight excluding hydrogens is 212 g/mol. The summed E-state index contributed by atoms with van der Waals surface area (Å²) in [5.74, 6) is 0. The third-order valence-corrected chi connectivity index (χ3v) is 4.10. The summed E-state index contributed by atoms with van der Waals surface area (Å²) in [4.78, 5) is 2.49. The van der Waals surface area contributed by atoms with Gasteiger partial charge in [0.25, 0.3) is 0 Å². The molecule has 0 spiro atoms. The molecule has 0 aromatic carbocycles. The first-order valence-corrected chi connectivity index (χ1v) is 7.32. The summed E-state index contributed by atoms with van der Waals surface area (Å²) in [6.07, 6.45) is 8.46. The molecular formula is C14H28N2O. The molecule has 1 heterocycles. The lowest BCUT2D eigenvalue weighted by Crippen LogP contribution is -2.37. The van der Waals surface area contributed by atoms with Crippen LogP contribution < -0.4 is 5.32 Å². The van der Waals surface area contributed by atoms with E-state index >= 15 is 0 Å². The molecule has 0 amide bonds. The average Bonchev–Trinajstić information content (AvgIpc) is 3.04. The average molecular weight is 240 g/mol. The van der Waals surface area contributed by atoms with Crippen LogP contribution >= 0.6 is 0 Å². The van der Waals surface area contributed by atoms with Crippen LogP contribution in [-0.4, -0.2) is 49.8 Å². The van der Waals surface area contributed by atoms with E-state index in [1.54, 1.807) is 0 Å². The summed E-state index contributed by atoms with van der Waals surface area (Å²) in [5, 5.41) is 3.57. The van der Waals surface area contributed by atoms with Gasteiger partial charge in [-0.15, -0.1) is 0 Å². The Morgan fingerprint density at radius 2 is 2.00 bits per heavy atom. The van der Waals surface area contributed by atoms with E-state index in [-0.39, 0.29) is 0 Å². The summed E-state index contributed by atoms with van der Waals surface area (Å²) in [7, 11) is 2.25. The van der Waals surface area contributed by atoms with Crippen molar-refractivity contribution in [2.24, 2.45) is 0 Å². The van der Waals surface area contributed by atoms with Crippen LogP contribution in [0.5, 0.6) is 0 Å². The molecule has 17 heavy (non-hydrogen) atoms. The number of unbranched alkanes of at least 4 members (excludes halogenated alkanes) is 2. The first kappa shape index (κ1) is 13.3. The van der Waals surface area contributed by atoms with E-state index in [9.17, 15) is 0 Å². The Labute approximate surface area is 106 Å². The number of ether oxygens (including phenoxy) is 1. The first-order chi connectivity index (χ1) is 8.27. The predicted molar refractivity (Wildman–Crippen MR) is 71.3 cm³/mol. The minimum Gasteiger partial charge on any atom is -0.377 e. The zero-order chi connectivity index (χ0) is 12.1. The number of nitrogens with zero attached hydrogens (tertiary/aromatic N) is 1. The summed E-state index contributed by atoms with van der Waals surface area (Å²) < 4.78 is 5.61. The SMILES string of the molecule is CC1OCCC1N(C)CCCCCNC1CC1. The molecule has 1 saturated heterocycles. The molecule has 2 aliphatic rings. The van der Waals surface area contributed by atoms with Crippen LogP contribution in [0.2, 0.25) is 0 Å². The Kier molecular flexibility index (Phi) is 5.26. The molecule has 2 rings (SSSR count). The number of hydrogen-bond donors (Lipinski definition) is 1. The van der Waals surface area contributed by atoms with Crippen molar-refractivity contribution >= 4 is 0 Å². The Morgan fingerprint density at radius 1 is 1.18 bits per heavy atom. The fourth-order valence-corrected chi connectivity index (χ4v) is 2.72.